The van der Waals surface area contributed by atoms with Crippen LogP contribution in [0.4, 0.5) is 0 Å². The molecular formula is C29H55OP. The zero-order valence-electron chi connectivity index (χ0n) is 21.3. The molecule has 31 heavy (non-hydrogen) atoms. The third kappa shape index (κ3) is 12.8. The van der Waals surface area contributed by atoms with E-state index >= 15 is 0 Å². The summed E-state index contributed by atoms with van der Waals surface area (Å²) in [6.07, 6.45) is 34.0. The Labute approximate surface area is 197 Å². The van der Waals surface area contributed by atoms with Crippen molar-refractivity contribution in [3.05, 3.63) is 12.2 Å². The topological polar surface area (TPSA) is 9.23 Å². The molecule has 1 fully saturated rings. The van der Waals surface area contributed by atoms with Gasteiger partial charge in [0.2, 0.25) is 0 Å². The minimum absolute atomic E-state index is 0.307. The highest BCUT2D eigenvalue weighted by molar-refractivity contribution is 7.57. The van der Waals surface area contributed by atoms with Crippen molar-refractivity contribution in [1.29, 1.82) is 0 Å². The molecule has 2 bridgehead atoms. The zero-order chi connectivity index (χ0) is 22.0. The Morgan fingerprint density at radius 1 is 0.645 bits per heavy atom. The molecule has 0 aromatic carbocycles. The van der Waals surface area contributed by atoms with Gasteiger partial charge in [-0.05, 0) is 74.8 Å². The maximum Gasteiger partial charge on any atom is 0.0500 e. The van der Waals surface area contributed by atoms with Gasteiger partial charge in [0.05, 0.1) is 0 Å². The molecule has 0 spiro atoms. The van der Waals surface area contributed by atoms with E-state index in [1.807, 2.05) is 0 Å². The van der Waals surface area contributed by atoms with Crippen LogP contribution in [0.1, 0.15) is 123 Å². The molecule has 0 amide bonds. The van der Waals surface area contributed by atoms with E-state index in [-0.39, 0.29) is 0 Å². The van der Waals surface area contributed by atoms with Gasteiger partial charge in [-0.1, -0.05) is 96.6 Å². The van der Waals surface area contributed by atoms with Gasteiger partial charge in [0.25, 0.3) is 0 Å². The van der Waals surface area contributed by atoms with Gasteiger partial charge < -0.3 is 4.74 Å². The van der Waals surface area contributed by atoms with Crippen molar-refractivity contribution in [1.82, 2.24) is 0 Å². The van der Waals surface area contributed by atoms with Crippen LogP contribution < -0.4 is 0 Å². The summed E-state index contributed by atoms with van der Waals surface area (Å²) < 4.78 is 6.07. The Kier molecular flexibility index (Phi) is 16.4. The summed E-state index contributed by atoms with van der Waals surface area (Å²) in [7, 11) is 0.307. The van der Waals surface area contributed by atoms with Crippen molar-refractivity contribution in [3.63, 3.8) is 0 Å². The monoisotopic (exact) mass is 450 g/mol. The Balaban J connectivity index is 1.48. The van der Waals surface area contributed by atoms with Crippen LogP contribution in [-0.2, 0) is 4.74 Å². The van der Waals surface area contributed by atoms with Crippen LogP contribution in [0.15, 0.2) is 12.2 Å². The second-order valence-corrected chi connectivity index (χ2v) is 13.2. The van der Waals surface area contributed by atoms with Gasteiger partial charge in [-0.25, -0.2) is 0 Å². The smallest absolute Gasteiger partial charge is 0.0500 e. The Morgan fingerprint density at radius 2 is 1.19 bits per heavy atom. The van der Waals surface area contributed by atoms with Crippen LogP contribution in [0.25, 0.3) is 0 Å². The number of allylic oxidation sites excluding steroid dienone is 2. The summed E-state index contributed by atoms with van der Waals surface area (Å²) >= 11 is 0. The first-order valence-electron chi connectivity index (χ1n) is 14.3. The Bertz CT molecular complexity index is 418. The van der Waals surface area contributed by atoms with Crippen LogP contribution in [0.5, 0.6) is 0 Å². The number of hydrogen-bond donors (Lipinski definition) is 0. The average molecular weight is 451 g/mol. The van der Waals surface area contributed by atoms with Crippen molar-refractivity contribution in [2.45, 2.75) is 123 Å². The largest absolute Gasteiger partial charge is 0.381 e. The van der Waals surface area contributed by atoms with Gasteiger partial charge in [0, 0.05) is 13.2 Å². The van der Waals surface area contributed by atoms with E-state index < -0.39 is 0 Å². The maximum absolute atomic E-state index is 6.07. The quantitative estimate of drug-likeness (QED) is 0.0906. The van der Waals surface area contributed by atoms with Gasteiger partial charge in [-0.15, -0.1) is 7.92 Å². The molecule has 0 aromatic heterocycles. The molecule has 1 unspecified atom stereocenters. The number of rotatable bonds is 22. The summed E-state index contributed by atoms with van der Waals surface area (Å²) in [5.41, 5.74) is 0. The highest BCUT2D eigenvalue weighted by Gasteiger charge is 2.35. The summed E-state index contributed by atoms with van der Waals surface area (Å²) in [6.45, 7) is 6.67. The molecule has 3 atom stereocenters. The van der Waals surface area contributed by atoms with Crippen molar-refractivity contribution >= 4 is 7.92 Å². The molecule has 0 radical (unpaired) electrons. The van der Waals surface area contributed by atoms with Crippen LogP contribution in [0, 0.1) is 17.8 Å². The predicted octanol–water partition coefficient (Wildman–Crippen LogP) is 9.59. The van der Waals surface area contributed by atoms with E-state index in [9.17, 15) is 0 Å². The SMILES string of the molecule is CCCCCCCCP(CCCCCCCC)CCCCCOCC1C[C@@H]2C=C[C@H]1C2. The molecule has 2 aliphatic rings. The second kappa shape index (κ2) is 18.5. The van der Waals surface area contributed by atoms with Gasteiger partial charge in [-0.2, -0.15) is 0 Å². The van der Waals surface area contributed by atoms with Crippen molar-refractivity contribution < 1.29 is 4.74 Å². The molecule has 2 aliphatic carbocycles. The molecule has 0 aliphatic heterocycles. The van der Waals surface area contributed by atoms with Crippen LogP contribution in [-0.4, -0.2) is 31.7 Å². The van der Waals surface area contributed by atoms with Gasteiger partial charge in [0.1, 0.15) is 0 Å². The van der Waals surface area contributed by atoms with Crippen molar-refractivity contribution in [3.8, 4) is 0 Å². The summed E-state index contributed by atoms with van der Waals surface area (Å²) in [5, 5.41) is 0. The van der Waals surface area contributed by atoms with Crippen LogP contribution in [0.2, 0.25) is 0 Å². The fraction of sp³-hybridized carbons (Fsp3) is 0.931. The van der Waals surface area contributed by atoms with Crippen LogP contribution in [0.3, 0.4) is 0 Å². The molecule has 2 rings (SSSR count). The van der Waals surface area contributed by atoms with E-state index in [1.165, 1.54) is 115 Å². The highest BCUT2D eigenvalue weighted by atomic mass is 31.1. The first kappa shape index (κ1) is 27.4. The molecule has 2 heteroatoms. The average Bonchev–Trinajstić information content (AvgIpc) is 3.40. The third-order valence-corrected chi connectivity index (χ3v) is 10.5. The molecule has 0 heterocycles. The molecular weight excluding hydrogens is 395 g/mol. The number of hydrogen-bond acceptors (Lipinski definition) is 1. The standard InChI is InChI=1S/C29H55OP/c1-3-5-7-9-11-15-21-31(22-16-12-10-8-6-4-2)23-17-13-14-20-30-26-29-25-27-18-19-28(29)24-27/h18-19,27-29H,3-17,20-26H2,1-2H3/t27-,28+,29?/m1/s1. The van der Waals surface area contributed by atoms with Gasteiger partial charge in [-0.3, -0.25) is 0 Å². The van der Waals surface area contributed by atoms with E-state index in [1.54, 1.807) is 12.3 Å². The molecule has 0 aromatic rings. The zero-order valence-corrected chi connectivity index (χ0v) is 22.2. The van der Waals surface area contributed by atoms with Crippen LogP contribution >= 0.6 is 7.92 Å². The number of fused-ring (bicyclic) bond motifs is 2. The molecule has 1 nitrogen and oxygen atoms in total. The molecule has 182 valence electrons. The minimum Gasteiger partial charge on any atom is -0.381 e. The first-order chi connectivity index (χ1) is 15.3. The molecule has 0 N–H and O–H groups in total. The lowest BCUT2D eigenvalue weighted by Gasteiger charge is -2.19. The lowest BCUT2D eigenvalue weighted by Crippen LogP contribution is -2.14. The lowest BCUT2D eigenvalue weighted by atomic mass is 9.95. The van der Waals surface area contributed by atoms with Crippen molar-refractivity contribution in [2.24, 2.45) is 17.8 Å². The fourth-order valence-electron chi connectivity index (χ4n) is 5.60. The van der Waals surface area contributed by atoms with E-state index in [2.05, 4.69) is 26.0 Å². The van der Waals surface area contributed by atoms with Crippen molar-refractivity contribution in [2.75, 3.05) is 31.7 Å². The third-order valence-electron chi connectivity index (χ3n) is 7.67. The van der Waals surface area contributed by atoms with E-state index in [4.69, 9.17) is 4.74 Å². The summed E-state index contributed by atoms with van der Waals surface area (Å²) in [5.74, 6) is 2.56. The van der Waals surface area contributed by atoms with Gasteiger partial charge in [0.15, 0.2) is 0 Å². The Morgan fingerprint density at radius 3 is 1.71 bits per heavy atom. The lowest BCUT2D eigenvalue weighted by molar-refractivity contribution is 0.0879. The number of unbranched alkanes of at least 4 members (excludes halogenated alkanes) is 12. The first-order valence-corrected chi connectivity index (χ1v) is 16.2. The molecule has 1 saturated carbocycles. The van der Waals surface area contributed by atoms with E-state index in [0.29, 0.717) is 7.92 Å². The van der Waals surface area contributed by atoms with Gasteiger partial charge >= 0.3 is 0 Å². The normalized spacial score (nSPS) is 22.2. The minimum atomic E-state index is 0.307. The predicted molar refractivity (Wildman–Crippen MR) is 142 cm³/mol. The maximum atomic E-state index is 6.07. The highest BCUT2D eigenvalue weighted by Crippen LogP contribution is 2.43. The van der Waals surface area contributed by atoms with E-state index in [0.717, 1.165) is 31.0 Å². The number of ether oxygens (including phenoxy) is 1. The fourth-order valence-corrected chi connectivity index (χ4v) is 8.29. The molecule has 0 saturated heterocycles. The Hall–Kier alpha value is 0.130. The second-order valence-electron chi connectivity index (χ2n) is 10.6. The summed E-state index contributed by atoms with van der Waals surface area (Å²) in [6, 6.07) is 0. The summed E-state index contributed by atoms with van der Waals surface area (Å²) in [4.78, 5) is 0.